The molecule has 1 fully saturated rings. The van der Waals surface area contributed by atoms with Gasteiger partial charge in [-0.1, -0.05) is 38.1 Å². The van der Waals surface area contributed by atoms with E-state index in [4.69, 9.17) is 0 Å². The largest absolute Gasteiger partial charge is 0.353 e. The van der Waals surface area contributed by atoms with E-state index in [1.807, 2.05) is 0 Å². The lowest BCUT2D eigenvalue weighted by atomic mass is 9.99. The highest BCUT2D eigenvalue weighted by molar-refractivity contribution is 5.78. The number of hydrogen-bond donors (Lipinski definition) is 2. The predicted octanol–water partition coefficient (Wildman–Crippen LogP) is 2.68. The van der Waals surface area contributed by atoms with E-state index in [-0.39, 0.29) is 5.91 Å². The van der Waals surface area contributed by atoms with Gasteiger partial charge in [-0.15, -0.1) is 0 Å². The summed E-state index contributed by atoms with van der Waals surface area (Å²) in [6, 6.07) is 9.29. The van der Waals surface area contributed by atoms with Gasteiger partial charge < -0.3 is 10.6 Å². The molecular formula is C18H28N2O. The van der Waals surface area contributed by atoms with Gasteiger partial charge in [-0.05, 0) is 49.8 Å². The van der Waals surface area contributed by atoms with Crippen molar-refractivity contribution in [3.8, 4) is 0 Å². The molecule has 2 N–H and O–H groups in total. The van der Waals surface area contributed by atoms with Crippen molar-refractivity contribution >= 4 is 5.91 Å². The Bertz CT molecular complexity index is 453. The number of amides is 1. The lowest BCUT2D eigenvalue weighted by Gasteiger charge is -2.28. The maximum absolute atomic E-state index is 12.1. The maximum atomic E-state index is 12.1. The highest BCUT2D eigenvalue weighted by Crippen LogP contribution is 2.11. The van der Waals surface area contributed by atoms with E-state index in [1.165, 1.54) is 5.56 Å². The van der Waals surface area contributed by atoms with Gasteiger partial charge in [-0.2, -0.15) is 0 Å². The molecule has 1 aliphatic rings. The minimum Gasteiger partial charge on any atom is -0.353 e. The summed E-state index contributed by atoms with van der Waals surface area (Å²) in [6.07, 6.45) is 3.64. The zero-order chi connectivity index (χ0) is 15.2. The molecule has 1 saturated heterocycles. The number of carbonyl (C=O) groups is 1. The van der Waals surface area contributed by atoms with E-state index < -0.39 is 0 Å². The van der Waals surface area contributed by atoms with Crippen LogP contribution in [0.5, 0.6) is 0 Å². The summed E-state index contributed by atoms with van der Waals surface area (Å²) in [7, 11) is 0. The Morgan fingerprint density at radius 2 is 1.95 bits per heavy atom. The fourth-order valence-electron chi connectivity index (χ4n) is 2.99. The number of nitrogens with one attached hydrogen (secondary N) is 2. The van der Waals surface area contributed by atoms with Crippen LogP contribution >= 0.6 is 0 Å². The zero-order valence-electron chi connectivity index (χ0n) is 13.5. The molecule has 21 heavy (non-hydrogen) atoms. The van der Waals surface area contributed by atoms with E-state index >= 15 is 0 Å². The number of rotatable bonds is 5. The first-order valence-electron chi connectivity index (χ1n) is 8.13. The number of benzene rings is 1. The Morgan fingerprint density at radius 3 is 2.57 bits per heavy atom. The Kier molecular flexibility index (Phi) is 5.80. The smallest absolute Gasteiger partial charge is 0.224 e. The summed E-state index contributed by atoms with van der Waals surface area (Å²) in [5, 5.41) is 6.57. The molecule has 0 aromatic heterocycles. The molecule has 3 heteroatoms. The van der Waals surface area contributed by atoms with Crippen molar-refractivity contribution in [1.29, 1.82) is 0 Å². The van der Waals surface area contributed by atoms with Crippen molar-refractivity contribution in [1.82, 2.24) is 10.6 Å². The van der Waals surface area contributed by atoms with Crippen LogP contribution in [0, 0.1) is 5.92 Å². The second-order valence-corrected chi connectivity index (χ2v) is 6.74. The molecule has 0 radical (unpaired) electrons. The molecule has 1 amide bonds. The van der Waals surface area contributed by atoms with Gasteiger partial charge in [0.1, 0.15) is 0 Å². The van der Waals surface area contributed by atoms with Crippen molar-refractivity contribution in [3.05, 3.63) is 35.4 Å². The minimum atomic E-state index is 0.144. The van der Waals surface area contributed by atoms with Gasteiger partial charge in [-0.3, -0.25) is 4.79 Å². The van der Waals surface area contributed by atoms with Crippen LogP contribution in [0.3, 0.4) is 0 Å². The predicted molar refractivity (Wildman–Crippen MR) is 87.3 cm³/mol. The molecule has 1 aliphatic heterocycles. The van der Waals surface area contributed by atoms with Crippen molar-refractivity contribution in [2.75, 3.05) is 6.54 Å². The SMILES string of the molecule is CC(C)Cc1ccc(CC(=O)NC2CCNC(C)C2)cc1. The lowest BCUT2D eigenvalue weighted by Crippen LogP contribution is -2.46. The molecule has 0 spiro atoms. The first-order chi connectivity index (χ1) is 10.0. The summed E-state index contributed by atoms with van der Waals surface area (Å²) >= 11 is 0. The molecule has 1 aromatic carbocycles. The molecule has 2 unspecified atom stereocenters. The van der Waals surface area contributed by atoms with Gasteiger partial charge in [0.25, 0.3) is 0 Å². The summed E-state index contributed by atoms with van der Waals surface area (Å²) in [4.78, 5) is 12.1. The monoisotopic (exact) mass is 288 g/mol. The Morgan fingerprint density at radius 1 is 1.29 bits per heavy atom. The summed E-state index contributed by atoms with van der Waals surface area (Å²) < 4.78 is 0. The van der Waals surface area contributed by atoms with Crippen LogP contribution in [0.25, 0.3) is 0 Å². The third-order valence-electron chi connectivity index (χ3n) is 4.02. The Labute approximate surface area is 128 Å². The van der Waals surface area contributed by atoms with E-state index in [0.29, 0.717) is 24.4 Å². The van der Waals surface area contributed by atoms with Gasteiger partial charge in [0.05, 0.1) is 6.42 Å². The van der Waals surface area contributed by atoms with Gasteiger partial charge in [-0.25, -0.2) is 0 Å². The third kappa shape index (κ3) is 5.50. The minimum absolute atomic E-state index is 0.144. The first-order valence-corrected chi connectivity index (χ1v) is 8.13. The van der Waals surface area contributed by atoms with E-state index in [0.717, 1.165) is 31.4 Å². The number of piperidine rings is 1. The second-order valence-electron chi connectivity index (χ2n) is 6.74. The highest BCUT2D eigenvalue weighted by atomic mass is 16.1. The molecule has 2 rings (SSSR count). The Balaban J connectivity index is 1.82. The quantitative estimate of drug-likeness (QED) is 0.874. The van der Waals surface area contributed by atoms with Crippen LogP contribution in [-0.2, 0) is 17.6 Å². The fourth-order valence-corrected chi connectivity index (χ4v) is 2.99. The molecule has 116 valence electrons. The average molecular weight is 288 g/mol. The normalized spacial score (nSPS) is 22.3. The summed E-state index contributed by atoms with van der Waals surface area (Å²) in [5.41, 5.74) is 2.45. The van der Waals surface area contributed by atoms with Crippen LogP contribution in [0.15, 0.2) is 24.3 Å². The number of carbonyl (C=O) groups excluding carboxylic acids is 1. The topological polar surface area (TPSA) is 41.1 Å². The maximum Gasteiger partial charge on any atom is 0.224 e. The second kappa shape index (κ2) is 7.60. The molecular weight excluding hydrogens is 260 g/mol. The van der Waals surface area contributed by atoms with Gasteiger partial charge in [0, 0.05) is 12.1 Å². The molecule has 0 bridgehead atoms. The molecule has 1 aromatic rings. The zero-order valence-corrected chi connectivity index (χ0v) is 13.5. The van der Waals surface area contributed by atoms with Crippen molar-refractivity contribution < 1.29 is 4.79 Å². The third-order valence-corrected chi connectivity index (χ3v) is 4.02. The standard InChI is InChI=1S/C18H28N2O/c1-13(2)10-15-4-6-16(7-5-15)12-18(21)20-17-8-9-19-14(3)11-17/h4-7,13-14,17,19H,8-12H2,1-3H3,(H,20,21). The highest BCUT2D eigenvalue weighted by Gasteiger charge is 2.19. The van der Waals surface area contributed by atoms with Crippen LogP contribution in [0.1, 0.15) is 44.7 Å². The van der Waals surface area contributed by atoms with Gasteiger partial charge in [0.2, 0.25) is 5.91 Å². The first kappa shape index (κ1) is 16.0. The van der Waals surface area contributed by atoms with Crippen molar-refractivity contribution in [3.63, 3.8) is 0 Å². The molecule has 3 nitrogen and oxygen atoms in total. The Hall–Kier alpha value is -1.35. The van der Waals surface area contributed by atoms with E-state index in [2.05, 4.69) is 55.7 Å². The summed E-state index contributed by atoms with van der Waals surface area (Å²) in [6.45, 7) is 7.62. The molecule has 2 atom stereocenters. The van der Waals surface area contributed by atoms with Gasteiger partial charge >= 0.3 is 0 Å². The van der Waals surface area contributed by atoms with Crippen LogP contribution in [0.4, 0.5) is 0 Å². The molecule has 0 saturated carbocycles. The van der Waals surface area contributed by atoms with Crippen LogP contribution in [-0.4, -0.2) is 24.5 Å². The van der Waals surface area contributed by atoms with Crippen molar-refractivity contribution in [2.45, 2.75) is 58.5 Å². The molecule has 0 aliphatic carbocycles. The number of hydrogen-bond acceptors (Lipinski definition) is 2. The fraction of sp³-hybridized carbons (Fsp3) is 0.611. The van der Waals surface area contributed by atoms with E-state index in [1.54, 1.807) is 0 Å². The molecule has 1 heterocycles. The lowest BCUT2D eigenvalue weighted by molar-refractivity contribution is -0.121. The van der Waals surface area contributed by atoms with E-state index in [9.17, 15) is 4.79 Å². The van der Waals surface area contributed by atoms with Crippen molar-refractivity contribution in [2.24, 2.45) is 5.92 Å². The van der Waals surface area contributed by atoms with Crippen LogP contribution in [0.2, 0.25) is 0 Å². The van der Waals surface area contributed by atoms with Gasteiger partial charge in [0.15, 0.2) is 0 Å². The van der Waals surface area contributed by atoms with Crippen LogP contribution < -0.4 is 10.6 Å². The summed E-state index contributed by atoms with van der Waals surface area (Å²) in [5.74, 6) is 0.812. The average Bonchev–Trinajstić information content (AvgIpc) is 2.40.